The van der Waals surface area contributed by atoms with Crippen molar-refractivity contribution in [3.05, 3.63) is 106 Å². The Bertz CT molecular complexity index is 1540. The van der Waals surface area contributed by atoms with E-state index in [0.717, 1.165) is 41.4 Å². The molecule has 1 aromatic heterocycles. The zero-order chi connectivity index (χ0) is 27.9. The minimum absolute atomic E-state index is 0.0700. The molecule has 0 bridgehead atoms. The Morgan fingerprint density at radius 2 is 1.64 bits per heavy atom. The fourth-order valence-corrected chi connectivity index (χ4v) is 5.59. The van der Waals surface area contributed by atoms with Gasteiger partial charge in [-0.2, -0.15) is 0 Å². The predicted molar refractivity (Wildman–Crippen MR) is 156 cm³/mol. The third-order valence-electron chi connectivity index (χ3n) is 8.50. The highest BCUT2D eigenvalue weighted by molar-refractivity contribution is 5.99. The summed E-state index contributed by atoms with van der Waals surface area (Å²) in [5.41, 5.74) is 8.25. The average molecular weight is 523 g/mol. The van der Waals surface area contributed by atoms with Gasteiger partial charge >= 0.3 is 5.97 Å². The van der Waals surface area contributed by atoms with Crippen LogP contribution in [-0.2, 0) is 21.5 Å². The molecule has 1 fully saturated rings. The first-order chi connectivity index (χ1) is 18.6. The van der Waals surface area contributed by atoms with Gasteiger partial charge in [0, 0.05) is 28.7 Å². The number of carbonyl (C=O) groups excluding carboxylic acids is 2. The molecule has 1 N–H and O–H groups in total. The molecule has 5 nitrogen and oxygen atoms in total. The van der Waals surface area contributed by atoms with Crippen molar-refractivity contribution in [3.8, 4) is 0 Å². The first-order valence-electron chi connectivity index (χ1n) is 13.8. The zero-order valence-electron chi connectivity index (χ0n) is 23.8. The van der Waals surface area contributed by atoms with Crippen molar-refractivity contribution >= 4 is 22.8 Å². The number of nitrogens with one attached hydrogen (secondary N) is 1. The molecule has 0 radical (unpaired) electrons. The Morgan fingerprint density at radius 1 is 0.949 bits per heavy atom. The number of benzene rings is 3. The maximum atomic E-state index is 13.2. The molecule has 1 atom stereocenters. The Labute approximate surface area is 231 Å². The van der Waals surface area contributed by atoms with E-state index in [9.17, 15) is 9.59 Å². The molecular formula is C34H38N2O3. The largest absolute Gasteiger partial charge is 0.468 e. The monoisotopic (exact) mass is 522 g/mol. The van der Waals surface area contributed by atoms with Crippen LogP contribution in [0.4, 0.5) is 0 Å². The van der Waals surface area contributed by atoms with Crippen molar-refractivity contribution in [2.45, 2.75) is 71.4 Å². The number of carbonyl (C=O) groups is 2. The van der Waals surface area contributed by atoms with Crippen molar-refractivity contribution in [2.24, 2.45) is 0 Å². The number of hydrogen-bond donors (Lipinski definition) is 1. The van der Waals surface area contributed by atoms with Crippen LogP contribution in [0.5, 0.6) is 0 Å². The topological polar surface area (TPSA) is 60.3 Å². The Hall–Kier alpha value is -3.86. The van der Waals surface area contributed by atoms with E-state index in [2.05, 4.69) is 92.2 Å². The molecule has 0 saturated heterocycles. The molecule has 0 unspecified atom stereocenters. The van der Waals surface area contributed by atoms with Crippen molar-refractivity contribution in [1.82, 2.24) is 9.88 Å². The summed E-state index contributed by atoms with van der Waals surface area (Å²) in [6, 6.07) is 22.7. The van der Waals surface area contributed by atoms with Crippen LogP contribution in [0.1, 0.15) is 89.4 Å². The normalized spacial score (nSPS) is 14.8. The predicted octanol–water partition coefficient (Wildman–Crippen LogP) is 7.13. The lowest BCUT2D eigenvalue weighted by atomic mass is 9.95. The summed E-state index contributed by atoms with van der Waals surface area (Å²) in [4.78, 5) is 25.5. The minimum atomic E-state index is -0.453. The van der Waals surface area contributed by atoms with Crippen LogP contribution in [0.2, 0.25) is 0 Å². The molecule has 3 aromatic carbocycles. The first-order valence-corrected chi connectivity index (χ1v) is 13.8. The summed E-state index contributed by atoms with van der Waals surface area (Å²) in [5.74, 6) is 0.230. The van der Waals surface area contributed by atoms with E-state index >= 15 is 0 Å². The molecule has 4 aromatic rings. The van der Waals surface area contributed by atoms with E-state index in [1.807, 2.05) is 19.1 Å². The van der Waals surface area contributed by atoms with Gasteiger partial charge in [-0.3, -0.25) is 9.59 Å². The molecule has 1 saturated carbocycles. The highest BCUT2D eigenvalue weighted by Gasteiger charge is 2.52. The molecular weight excluding hydrogens is 484 g/mol. The average Bonchev–Trinajstić information content (AvgIpc) is 3.73. The molecule has 0 spiro atoms. The van der Waals surface area contributed by atoms with Crippen LogP contribution >= 0.6 is 0 Å². The number of ether oxygens (including phenoxy) is 1. The van der Waals surface area contributed by atoms with Crippen molar-refractivity contribution in [2.75, 3.05) is 7.11 Å². The molecule has 5 heteroatoms. The molecule has 1 aliphatic rings. The van der Waals surface area contributed by atoms with Gasteiger partial charge < -0.3 is 14.6 Å². The van der Waals surface area contributed by atoms with Crippen LogP contribution in [-0.4, -0.2) is 23.6 Å². The first kappa shape index (κ1) is 26.7. The van der Waals surface area contributed by atoms with Gasteiger partial charge in [-0.05, 0) is 85.5 Å². The van der Waals surface area contributed by atoms with Crippen LogP contribution in [0.25, 0.3) is 10.9 Å². The molecule has 39 heavy (non-hydrogen) atoms. The van der Waals surface area contributed by atoms with Gasteiger partial charge in [0.05, 0.1) is 18.6 Å². The zero-order valence-corrected chi connectivity index (χ0v) is 23.8. The Balaban J connectivity index is 1.35. The van der Waals surface area contributed by atoms with Gasteiger partial charge in [0.25, 0.3) is 5.91 Å². The van der Waals surface area contributed by atoms with E-state index in [1.54, 1.807) is 0 Å². The quantitative estimate of drug-likeness (QED) is 0.251. The highest BCUT2D eigenvalue weighted by atomic mass is 16.5. The fraction of sp³-hybridized carbons (Fsp3) is 0.353. The number of hydrogen-bond acceptors (Lipinski definition) is 3. The molecule has 1 aliphatic carbocycles. The molecule has 5 rings (SSSR count). The number of aryl methyl sites for hydroxylation is 1. The minimum Gasteiger partial charge on any atom is -0.468 e. The van der Waals surface area contributed by atoms with Crippen molar-refractivity contribution in [1.29, 1.82) is 0 Å². The molecule has 202 valence electrons. The Morgan fingerprint density at radius 3 is 2.28 bits per heavy atom. The summed E-state index contributed by atoms with van der Waals surface area (Å²) in [5, 5.41) is 4.27. The number of esters is 1. The van der Waals surface area contributed by atoms with Crippen LogP contribution in [0.15, 0.2) is 66.7 Å². The van der Waals surface area contributed by atoms with Gasteiger partial charge in [0.2, 0.25) is 0 Å². The smallest absolute Gasteiger partial charge is 0.316 e. The number of methoxy groups -OCH3 is 1. The van der Waals surface area contributed by atoms with E-state index in [4.69, 9.17) is 4.74 Å². The van der Waals surface area contributed by atoms with Crippen LogP contribution in [0.3, 0.4) is 0 Å². The summed E-state index contributed by atoms with van der Waals surface area (Å²) in [7, 11) is 1.46. The second kappa shape index (κ2) is 10.4. The van der Waals surface area contributed by atoms with Crippen molar-refractivity contribution in [3.63, 3.8) is 0 Å². The maximum Gasteiger partial charge on any atom is 0.316 e. The lowest BCUT2D eigenvalue weighted by molar-refractivity contribution is -0.143. The fourth-order valence-electron chi connectivity index (χ4n) is 5.59. The summed E-state index contributed by atoms with van der Waals surface area (Å²) < 4.78 is 7.34. The summed E-state index contributed by atoms with van der Waals surface area (Å²) in [6.07, 6.45) is 1.69. The SMILES string of the molecule is COC(=O)C1(c2ccc(Cn3c(C)c(C)c4cc(C(=O)N[C@@H](C)c5cccc(C(C)C)c5)ccc43)cc2)CC1. The lowest BCUT2D eigenvalue weighted by Crippen LogP contribution is -2.26. The second-order valence-electron chi connectivity index (χ2n) is 11.3. The Kier molecular flexibility index (Phi) is 7.11. The number of aromatic nitrogens is 1. The summed E-state index contributed by atoms with van der Waals surface area (Å²) >= 11 is 0. The van der Waals surface area contributed by atoms with E-state index < -0.39 is 5.41 Å². The highest BCUT2D eigenvalue weighted by Crippen LogP contribution is 2.49. The third-order valence-corrected chi connectivity index (χ3v) is 8.50. The maximum absolute atomic E-state index is 13.2. The van der Waals surface area contributed by atoms with Crippen LogP contribution in [0, 0.1) is 13.8 Å². The standard InChI is InChI=1S/C34H38N2O3/c1-21(2)26-8-7-9-27(18-26)23(4)35-32(37)28-12-15-31-30(19-28)22(3)24(5)36(31)20-25-10-13-29(14-11-25)34(16-17-34)33(38)39-6/h7-15,18-19,21,23H,16-17,20H2,1-6H3,(H,35,37)/t23-/m0/s1. The molecule has 0 aliphatic heterocycles. The lowest BCUT2D eigenvalue weighted by Gasteiger charge is -2.17. The van der Waals surface area contributed by atoms with Gasteiger partial charge in [-0.1, -0.05) is 62.4 Å². The second-order valence-corrected chi connectivity index (χ2v) is 11.3. The van der Waals surface area contributed by atoms with E-state index in [1.165, 1.54) is 29.5 Å². The van der Waals surface area contributed by atoms with Gasteiger partial charge in [0.1, 0.15) is 0 Å². The van der Waals surface area contributed by atoms with Crippen molar-refractivity contribution < 1.29 is 14.3 Å². The number of amides is 1. The van der Waals surface area contributed by atoms with E-state index in [-0.39, 0.29) is 17.9 Å². The number of nitrogens with zero attached hydrogens (tertiary/aromatic N) is 1. The number of rotatable bonds is 8. The third kappa shape index (κ3) is 4.98. The van der Waals surface area contributed by atoms with Gasteiger partial charge in [0.15, 0.2) is 0 Å². The number of fused-ring (bicyclic) bond motifs is 1. The van der Waals surface area contributed by atoms with Gasteiger partial charge in [-0.15, -0.1) is 0 Å². The van der Waals surface area contributed by atoms with E-state index in [0.29, 0.717) is 11.5 Å². The van der Waals surface area contributed by atoms with Crippen LogP contribution < -0.4 is 5.32 Å². The molecule has 1 heterocycles. The van der Waals surface area contributed by atoms with Gasteiger partial charge in [-0.25, -0.2) is 0 Å². The summed E-state index contributed by atoms with van der Waals surface area (Å²) in [6.45, 7) is 11.4. The molecule has 1 amide bonds.